The first-order chi connectivity index (χ1) is 7.80. The van der Waals surface area contributed by atoms with Gasteiger partial charge in [-0.3, -0.25) is 4.79 Å². The zero-order chi connectivity index (χ0) is 13.1. The van der Waals surface area contributed by atoms with E-state index >= 15 is 0 Å². The van der Waals surface area contributed by atoms with Gasteiger partial charge in [0, 0.05) is 6.54 Å². The van der Waals surface area contributed by atoms with E-state index in [-0.39, 0.29) is 17.9 Å². The first-order valence-corrected chi connectivity index (χ1v) is 6.19. The minimum Gasteiger partial charge on any atom is -0.391 e. The fourth-order valence-corrected chi connectivity index (χ4v) is 1.46. The Labute approximate surface area is 110 Å². The third-order valence-electron chi connectivity index (χ3n) is 2.40. The highest BCUT2D eigenvalue weighted by atomic mass is 79.9. The minimum atomic E-state index is -0.585. The molecule has 0 aliphatic carbocycles. The molecule has 0 saturated carbocycles. The van der Waals surface area contributed by atoms with Gasteiger partial charge in [-0.1, -0.05) is 26.8 Å². The topological polar surface area (TPSA) is 62.2 Å². The van der Waals surface area contributed by atoms with Gasteiger partial charge >= 0.3 is 0 Å². The van der Waals surface area contributed by atoms with Gasteiger partial charge < -0.3 is 10.4 Å². The lowest BCUT2D eigenvalue weighted by Crippen LogP contribution is -2.39. The second kappa shape index (κ2) is 5.60. The number of aliphatic hydroxyl groups is 1. The van der Waals surface area contributed by atoms with E-state index in [0.717, 1.165) is 0 Å². The van der Waals surface area contributed by atoms with E-state index in [1.165, 1.54) is 0 Å². The second-order valence-electron chi connectivity index (χ2n) is 4.94. The Hall–Kier alpha value is -0.940. The van der Waals surface area contributed by atoms with Crippen LogP contribution in [0.3, 0.4) is 0 Å². The lowest BCUT2D eigenvalue weighted by atomic mass is 9.89. The molecule has 2 N–H and O–H groups in total. The quantitative estimate of drug-likeness (QED) is 0.839. The van der Waals surface area contributed by atoms with Gasteiger partial charge in [-0.25, -0.2) is 4.98 Å². The van der Waals surface area contributed by atoms with Gasteiger partial charge in [0.2, 0.25) is 0 Å². The summed E-state index contributed by atoms with van der Waals surface area (Å²) in [4.78, 5) is 15.8. The molecule has 0 aliphatic rings. The van der Waals surface area contributed by atoms with Crippen LogP contribution in [0.15, 0.2) is 22.8 Å². The van der Waals surface area contributed by atoms with Crippen molar-refractivity contribution in [3.63, 3.8) is 0 Å². The molecule has 5 heteroatoms. The van der Waals surface area contributed by atoms with Crippen LogP contribution >= 0.6 is 15.9 Å². The molecular weight excluding hydrogens is 284 g/mol. The summed E-state index contributed by atoms with van der Waals surface area (Å²) >= 11 is 3.20. The number of halogens is 1. The summed E-state index contributed by atoms with van der Waals surface area (Å²) in [5.41, 5.74) is 0.0818. The summed E-state index contributed by atoms with van der Waals surface area (Å²) in [5, 5.41) is 12.5. The number of nitrogens with zero attached hydrogens (tertiary/aromatic N) is 1. The van der Waals surface area contributed by atoms with Crippen molar-refractivity contribution in [2.75, 3.05) is 6.54 Å². The lowest BCUT2D eigenvalue weighted by molar-refractivity contribution is 0.0585. The predicted molar refractivity (Wildman–Crippen MR) is 69.7 cm³/mol. The molecule has 0 fully saturated rings. The van der Waals surface area contributed by atoms with E-state index in [0.29, 0.717) is 10.3 Å². The highest BCUT2D eigenvalue weighted by Gasteiger charge is 2.22. The maximum absolute atomic E-state index is 11.7. The molecular formula is C12H17BrN2O2. The van der Waals surface area contributed by atoms with Crippen molar-refractivity contribution in [2.45, 2.75) is 26.9 Å². The van der Waals surface area contributed by atoms with Crippen LogP contribution < -0.4 is 5.32 Å². The molecule has 0 aliphatic heterocycles. The molecule has 1 rings (SSSR count). The van der Waals surface area contributed by atoms with Crippen LogP contribution in [0.5, 0.6) is 0 Å². The Bertz CT molecular complexity index is 402. The molecule has 94 valence electrons. The number of hydrogen-bond acceptors (Lipinski definition) is 3. The Balaban J connectivity index is 2.57. The van der Waals surface area contributed by atoms with Crippen LogP contribution in [0.4, 0.5) is 0 Å². The van der Waals surface area contributed by atoms with Gasteiger partial charge in [0.1, 0.15) is 10.3 Å². The smallest absolute Gasteiger partial charge is 0.270 e. The molecule has 0 spiro atoms. The Morgan fingerprint density at radius 3 is 2.71 bits per heavy atom. The van der Waals surface area contributed by atoms with Gasteiger partial charge in [0.25, 0.3) is 5.91 Å². The number of aromatic nitrogens is 1. The molecule has 4 nitrogen and oxygen atoms in total. The van der Waals surface area contributed by atoms with Crippen molar-refractivity contribution < 1.29 is 9.90 Å². The maximum Gasteiger partial charge on any atom is 0.270 e. The number of carbonyl (C=O) groups is 1. The van der Waals surface area contributed by atoms with Crippen LogP contribution in [0.25, 0.3) is 0 Å². The predicted octanol–water partition coefficient (Wildman–Crippen LogP) is 1.98. The molecule has 1 atom stereocenters. The SMILES string of the molecule is CC(C)(C)C(O)CNC(=O)c1cccc(Br)n1. The normalized spacial score (nSPS) is 13.2. The zero-order valence-electron chi connectivity index (χ0n) is 10.2. The van der Waals surface area contributed by atoms with Crippen LogP contribution in [0.1, 0.15) is 31.3 Å². The van der Waals surface area contributed by atoms with Crippen molar-refractivity contribution >= 4 is 21.8 Å². The Kier molecular flexibility index (Phi) is 4.65. The summed E-state index contributed by atoms with van der Waals surface area (Å²) in [6, 6.07) is 5.12. The van der Waals surface area contributed by atoms with E-state index in [9.17, 15) is 9.90 Å². The summed E-state index contributed by atoms with van der Waals surface area (Å²) in [6.07, 6.45) is -0.585. The lowest BCUT2D eigenvalue weighted by Gasteiger charge is -2.25. The molecule has 1 aromatic rings. The first kappa shape index (κ1) is 14.1. The van der Waals surface area contributed by atoms with E-state index in [2.05, 4.69) is 26.2 Å². The average molecular weight is 301 g/mol. The van der Waals surface area contributed by atoms with E-state index < -0.39 is 6.10 Å². The fraction of sp³-hybridized carbons (Fsp3) is 0.500. The second-order valence-corrected chi connectivity index (χ2v) is 5.75. The average Bonchev–Trinajstić information content (AvgIpc) is 2.24. The zero-order valence-corrected chi connectivity index (χ0v) is 11.8. The van der Waals surface area contributed by atoms with E-state index in [1.807, 2.05) is 20.8 Å². The summed E-state index contributed by atoms with van der Waals surface area (Å²) in [7, 11) is 0. The molecule has 1 amide bonds. The van der Waals surface area contributed by atoms with Crippen LogP contribution in [-0.2, 0) is 0 Å². The van der Waals surface area contributed by atoms with Gasteiger partial charge in [0.15, 0.2) is 0 Å². The first-order valence-electron chi connectivity index (χ1n) is 5.39. The Morgan fingerprint density at radius 1 is 1.53 bits per heavy atom. The molecule has 0 aromatic carbocycles. The fourth-order valence-electron chi connectivity index (χ4n) is 1.12. The Morgan fingerprint density at radius 2 is 2.18 bits per heavy atom. The number of aliphatic hydroxyl groups excluding tert-OH is 1. The summed E-state index contributed by atoms with van der Waals surface area (Å²) in [5.74, 6) is -0.283. The minimum absolute atomic E-state index is 0.219. The number of amides is 1. The van der Waals surface area contributed by atoms with Crippen molar-refractivity contribution in [3.05, 3.63) is 28.5 Å². The number of rotatable bonds is 3. The van der Waals surface area contributed by atoms with Crippen molar-refractivity contribution in [1.82, 2.24) is 10.3 Å². The van der Waals surface area contributed by atoms with Gasteiger partial charge in [-0.2, -0.15) is 0 Å². The van der Waals surface area contributed by atoms with Crippen molar-refractivity contribution in [1.29, 1.82) is 0 Å². The standard InChI is InChI=1S/C12H17BrN2O2/c1-12(2,3)9(16)7-14-11(17)8-5-4-6-10(13)15-8/h4-6,9,16H,7H2,1-3H3,(H,14,17). The van der Waals surface area contributed by atoms with Crippen LogP contribution in [0.2, 0.25) is 0 Å². The number of hydrogen-bond donors (Lipinski definition) is 2. The third-order valence-corrected chi connectivity index (χ3v) is 2.85. The van der Waals surface area contributed by atoms with Crippen LogP contribution in [0, 0.1) is 5.41 Å². The van der Waals surface area contributed by atoms with Gasteiger partial charge in [-0.15, -0.1) is 0 Å². The van der Waals surface area contributed by atoms with Gasteiger partial charge in [0.05, 0.1) is 6.10 Å². The highest BCUT2D eigenvalue weighted by Crippen LogP contribution is 2.18. The monoisotopic (exact) mass is 300 g/mol. The third kappa shape index (κ3) is 4.44. The number of pyridine rings is 1. The molecule has 0 radical (unpaired) electrons. The molecule has 0 saturated heterocycles. The highest BCUT2D eigenvalue weighted by molar-refractivity contribution is 9.10. The molecule has 1 unspecified atom stereocenters. The van der Waals surface area contributed by atoms with Crippen molar-refractivity contribution in [3.8, 4) is 0 Å². The molecule has 17 heavy (non-hydrogen) atoms. The number of carbonyl (C=O) groups excluding carboxylic acids is 1. The summed E-state index contributed by atoms with van der Waals surface area (Å²) in [6.45, 7) is 5.97. The van der Waals surface area contributed by atoms with E-state index in [4.69, 9.17) is 0 Å². The van der Waals surface area contributed by atoms with Crippen molar-refractivity contribution in [2.24, 2.45) is 5.41 Å². The molecule has 1 aromatic heterocycles. The maximum atomic E-state index is 11.7. The number of nitrogens with one attached hydrogen (secondary N) is 1. The molecule has 1 heterocycles. The molecule has 0 bridgehead atoms. The largest absolute Gasteiger partial charge is 0.391 e. The van der Waals surface area contributed by atoms with E-state index in [1.54, 1.807) is 18.2 Å². The summed E-state index contributed by atoms with van der Waals surface area (Å²) < 4.78 is 0.613. The van der Waals surface area contributed by atoms with Gasteiger partial charge in [-0.05, 0) is 33.5 Å². The van der Waals surface area contributed by atoms with Crippen LogP contribution in [-0.4, -0.2) is 28.6 Å².